The largest absolute Gasteiger partial charge is 0.326 e. The van der Waals surface area contributed by atoms with Crippen molar-refractivity contribution in [1.29, 1.82) is 0 Å². The summed E-state index contributed by atoms with van der Waals surface area (Å²) in [6.07, 6.45) is 0. The van der Waals surface area contributed by atoms with E-state index in [1.54, 1.807) is 42.5 Å². The fraction of sp³-hybridized carbons (Fsp3) is 0.118. The maximum atomic E-state index is 12.4. The normalized spacial score (nSPS) is 13.3. The van der Waals surface area contributed by atoms with Gasteiger partial charge in [-0.2, -0.15) is 0 Å². The van der Waals surface area contributed by atoms with Crippen molar-refractivity contribution in [2.24, 2.45) is 0 Å². The molecule has 5 nitrogen and oxygen atoms in total. The van der Waals surface area contributed by atoms with Crippen molar-refractivity contribution in [3.63, 3.8) is 0 Å². The fourth-order valence-electron chi connectivity index (χ4n) is 2.50. The summed E-state index contributed by atoms with van der Waals surface area (Å²) in [4.78, 5) is 37.3. The Balaban J connectivity index is 2.04. The van der Waals surface area contributed by atoms with E-state index in [4.69, 9.17) is 0 Å². The molecule has 110 valence electrons. The van der Waals surface area contributed by atoms with Crippen molar-refractivity contribution in [3.05, 3.63) is 59.2 Å². The molecule has 3 rings (SSSR count). The number of anilines is 2. The SMILES string of the molecule is CC(=O)Nc1cc(N2C(=O)c3ccccc3C2=O)ccc1C. The zero-order chi connectivity index (χ0) is 15.9. The predicted molar refractivity (Wildman–Crippen MR) is 83.1 cm³/mol. The zero-order valence-corrected chi connectivity index (χ0v) is 12.2. The Kier molecular flexibility index (Phi) is 3.25. The molecule has 2 aromatic carbocycles. The van der Waals surface area contributed by atoms with Gasteiger partial charge < -0.3 is 5.32 Å². The van der Waals surface area contributed by atoms with Gasteiger partial charge in [-0.25, -0.2) is 4.90 Å². The number of benzene rings is 2. The smallest absolute Gasteiger partial charge is 0.266 e. The summed E-state index contributed by atoms with van der Waals surface area (Å²) in [6.45, 7) is 3.26. The van der Waals surface area contributed by atoms with Crippen LogP contribution >= 0.6 is 0 Å². The van der Waals surface area contributed by atoms with Gasteiger partial charge in [0, 0.05) is 12.6 Å². The molecule has 1 aliphatic rings. The second-order valence-corrected chi connectivity index (χ2v) is 5.17. The molecule has 0 bridgehead atoms. The Bertz CT molecular complexity index is 776. The van der Waals surface area contributed by atoms with E-state index in [1.165, 1.54) is 6.92 Å². The minimum Gasteiger partial charge on any atom is -0.326 e. The molecule has 22 heavy (non-hydrogen) atoms. The van der Waals surface area contributed by atoms with Crippen LogP contribution in [-0.2, 0) is 4.79 Å². The lowest BCUT2D eigenvalue weighted by Crippen LogP contribution is -2.29. The highest BCUT2D eigenvalue weighted by Gasteiger charge is 2.36. The van der Waals surface area contributed by atoms with Gasteiger partial charge in [-0.05, 0) is 36.8 Å². The molecule has 2 aromatic rings. The molecule has 5 heteroatoms. The van der Waals surface area contributed by atoms with Crippen molar-refractivity contribution in [2.45, 2.75) is 13.8 Å². The minimum atomic E-state index is -0.349. The zero-order valence-electron chi connectivity index (χ0n) is 12.2. The van der Waals surface area contributed by atoms with Crippen LogP contribution in [0.2, 0.25) is 0 Å². The van der Waals surface area contributed by atoms with Crippen molar-refractivity contribution in [3.8, 4) is 0 Å². The monoisotopic (exact) mass is 294 g/mol. The van der Waals surface area contributed by atoms with Gasteiger partial charge in [-0.1, -0.05) is 18.2 Å². The number of nitrogens with zero attached hydrogens (tertiary/aromatic N) is 1. The van der Waals surface area contributed by atoms with Crippen LogP contribution in [0.4, 0.5) is 11.4 Å². The molecule has 1 aliphatic heterocycles. The lowest BCUT2D eigenvalue weighted by molar-refractivity contribution is -0.114. The number of fused-ring (bicyclic) bond motifs is 1. The molecule has 1 N–H and O–H groups in total. The Morgan fingerprint density at radius 1 is 1.00 bits per heavy atom. The molecule has 0 spiro atoms. The van der Waals surface area contributed by atoms with Gasteiger partial charge in [-0.15, -0.1) is 0 Å². The highest BCUT2D eigenvalue weighted by molar-refractivity contribution is 6.34. The van der Waals surface area contributed by atoms with E-state index in [0.29, 0.717) is 22.5 Å². The third kappa shape index (κ3) is 2.16. The lowest BCUT2D eigenvalue weighted by atomic mass is 10.1. The van der Waals surface area contributed by atoms with Crippen molar-refractivity contribution in [2.75, 3.05) is 10.2 Å². The van der Waals surface area contributed by atoms with Gasteiger partial charge >= 0.3 is 0 Å². The van der Waals surface area contributed by atoms with Crippen molar-refractivity contribution in [1.82, 2.24) is 0 Å². The maximum Gasteiger partial charge on any atom is 0.266 e. The molecule has 0 radical (unpaired) electrons. The van der Waals surface area contributed by atoms with Crippen LogP contribution in [0.3, 0.4) is 0 Å². The Morgan fingerprint density at radius 2 is 1.59 bits per heavy atom. The van der Waals surface area contributed by atoms with Gasteiger partial charge in [0.25, 0.3) is 11.8 Å². The van der Waals surface area contributed by atoms with Crippen LogP contribution < -0.4 is 10.2 Å². The summed E-state index contributed by atoms with van der Waals surface area (Å²) in [5.41, 5.74) is 2.68. The molecule has 0 saturated carbocycles. The second-order valence-electron chi connectivity index (χ2n) is 5.17. The third-order valence-corrected chi connectivity index (χ3v) is 3.58. The predicted octanol–water partition coefficient (Wildman–Crippen LogP) is 2.75. The van der Waals surface area contributed by atoms with Crippen LogP contribution in [0.1, 0.15) is 33.2 Å². The molecule has 0 saturated heterocycles. The number of hydrogen-bond acceptors (Lipinski definition) is 3. The first-order valence-electron chi connectivity index (χ1n) is 6.85. The quantitative estimate of drug-likeness (QED) is 0.866. The topological polar surface area (TPSA) is 66.5 Å². The van der Waals surface area contributed by atoms with Crippen LogP contribution in [0, 0.1) is 6.92 Å². The Hall–Kier alpha value is -2.95. The molecule has 0 atom stereocenters. The fourth-order valence-corrected chi connectivity index (χ4v) is 2.50. The number of imide groups is 1. The summed E-state index contributed by atoms with van der Waals surface area (Å²) in [5, 5.41) is 2.70. The molecular weight excluding hydrogens is 280 g/mol. The number of aryl methyl sites for hydroxylation is 1. The summed E-state index contributed by atoms with van der Waals surface area (Å²) in [6, 6.07) is 11.8. The van der Waals surface area contributed by atoms with Gasteiger partial charge in [0.1, 0.15) is 0 Å². The van der Waals surface area contributed by atoms with Gasteiger partial charge in [-0.3, -0.25) is 14.4 Å². The number of amides is 3. The van der Waals surface area contributed by atoms with E-state index in [0.717, 1.165) is 10.5 Å². The van der Waals surface area contributed by atoms with E-state index < -0.39 is 0 Å². The first-order valence-corrected chi connectivity index (χ1v) is 6.85. The number of carbonyl (C=O) groups is 3. The highest BCUT2D eigenvalue weighted by Crippen LogP contribution is 2.30. The lowest BCUT2D eigenvalue weighted by Gasteiger charge is -2.16. The molecule has 0 fully saturated rings. The number of hydrogen-bond donors (Lipinski definition) is 1. The van der Waals surface area contributed by atoms with Crippen LogP contribution in [0.25, 0.3) is 0 Å². The van der Waals surface area contributed by atoms with E-state index in [2.05, 4.69) is 5.32 Å². The summed E-state index contributed by atoms with van der Waals surface area (Å²) >= 11 is 0. The number of carbonyl (C=O) groups excluding carboxylic acids is 3. The number of nitrogens with one attached hydrogen (secondary N) is 1. The molecule has 0 aliphatic carbocycles. The number of rotatable bonds is 2. The van der Waals surface area contributed by atoms with Crippen molar-refractivity contribution < 1.29 is 14.4 Å². The summed E-state index contributed by atoms with van der Waals surface area (Å²) < 4.78 is 0. The third-order valence-electron chi connectivity index (χ3n) is 3.58. The van der Waals surface area contributed by atoms with Gasteiger partial charge in [0.15, 0.2) is 0 Å². The summed E-state index contributed by atoms with van der Waals surface area (Å²) in [7, 11) is 0. The van der Waals surface area contributed by atoms with E-state index in [1.807, 2.05) is 6.92 Å². The molecule has 3 amide bonds. The Morgan fingerprint density at radius 3 is 2.14 bits per heavy atom. The average molecular weight is 294 g/mol. The van der Waals surface area contributed by atoms with Crippen LogP contribution in [-0.4, -0.2) is 17.7 Å². The second kappa shape index (κ2) is 5.11. The van der Waals surface area contributed by atoms with E-state index in [9.17, 15) is 14.4 Å². The molecule has 0 unspecified atom stereocenters. The minimum absolute atomic E-state index is 0.206. The first kappa shape index (κ1) is 14.0. The standard InChI is InChI=1S/C17H14N2O3/c1-10-7-8-12(9-15(10)18-11(2)20)19-16(21)13-5-3-4-6-14(13)17(19)22/h3-9H,1-2H3,(H,18,20). The highest BCUT2D eigenvalue weighted by atomic mass is 16.2. The van der Waals surface area contributed by atoms with Crippen LogP contribution in [0.5, 0.6) is 0 Å². The first-order chi connectivity index (χ1) is 10.5. The molecular formula is C17H14N2O3. The summed E-state index contributed by atoms with van der Waals surface area (Å²) in [5.74, 6) is -0.904. The van der Waals surface area contributed by atoms with Crippen LogP contribution in [0.15, 0.2) is 42.5 Å². The van der Waals surface area contributed by atoms with Gasteiger partial charge in [0.2, 0.25) is 5.91 Å². The Labute approximate surface area is 127 Å². The van der Waals surface area contributed by atoms with E-state index in [-0.39, 0.29) is 17.7 Å². The average Bonchev–Trinajstić information content (AvgIpc) is 2.74. The molecule has 1 heterocycles. The van der Waals surface area contributed by atoms with Crippen molar-refractivity contribution >= 4 is 29.1 Å². The molecule has 0 aromatic heterocycles. The van der Waals surface area contributed by atoms with Gasteiger partial charge in [0.05, 0.1) is 16.8 Å². The maximum absolute atomic E-state index is 12.4. The van der Waals surface area contributed by atoms with E-state index >= 15 is 0 Å².